The molecule has 0 fully saturated rings. The van der Waals surface area contributed by atoms with Crippen LogP contribution in [0.5, 0.6) is 0 Å². The number of rotatable bonds is 7. The van der Waals surface area contributed by atoms with Gasteiger partial charge < -0.3 is 16.2 Å². The first-order valence-corrected chi connectivity index (χ1v) is 7.09. The molecule has 2 aromatic rings. The molecule has 108 valence electrons. The van der Waals surface area contributed by atoms with E-state index in [9.17, 15) is 0 Å². The van der Waals surface area contributed by atoms with E-state index in [1.165, 1.54) is 0 Å². The minimum atomic E-state index is 0.230. The van der Waals surface area contributed by atoms with Crippen LogP contribution in [0.15, 0.2) is 24.5 Å². The summed E-state index contributed by atoms with van der Waals surface area (Å²) < 4.78 is 0. The summed E-state index contributed by atoms with van der Waals surface area (Å²) in [5, 5.41) is 13.4. The first-order chi connectivity index (χ1) is 9.74. The van der Waals surface area contributed by atoms with Gasteiger partial charge in [0.1, 0.15) is 12.1 Å². The summed E-state index contributed by atoms with van der Waals surface area (Å²) in [6.45, 7) is 3.20. The predicted octanol–water partition coefficient (Wildman–Crippen LogP) is 2.42. The number of anilines is 2. The lowest BCUT2D eigenvalue weighted by Gasteiger charge is -2.16. The number of hydrogen-bond acceptors (Lipinski definition) is 5. The highest BCUT2D eigenvalue weighted by atomic mass is 16.3. The fourth-order valence-electron chi connectivity index (χ4n) is 2.40. The van der Waals surface area contributed by atoms with E-state index in [-0.39, 0.29) is 6.61 Å². The number of fused-ring (bicyclic) bond motifs is 1. The maximum Gasteiger partial charge on any atom is 0.137 e. The zero-order chi connectivity index (χ0) is 14.4. The lowest BCUT2D eigenvalue weighted by Crippen LogP contribution is -2.16. The summed E-state index contributed by atoms with van der Waals surface area (Å²) in [7, 11) is 0. The molecule has 0 bridgehead atoms. The summed E-state index contributed by atoms with van der Waals surface area (Å²) in [4.78, 5) is 8.53. The molecule has 0 aliphatic carbocycles. The summed E-state index contributed by atoms with van der Waals surface area (Å²) in [6, 6.07) is 5.64. The molecule has 0 aliphatic rings. The Hall–Kier alpha value is -1.88. The van der Waals surface area contributed by atoms with Crippen molar-refractivity contribution < 1.29 is 5.11 Å². The lowest BCUT2D eigenvalue weighted by molar-refractivity contribution is 0.255. The van der Waals surface area contributed by atoms with Gasteiger partial charge in [0.2, 0.25) is 0 Å². The van der Waals surface area contributed by atoms with Crippen LogP contribution in [0.25, 0.3) is 10.9 Å². The summed E-state index contributed by atoms with van der Waals surface area (Å²) >= 11 is 0. The van der Waals surface area contributed by atoms with Crippen LogP contribution in [0, 0.1) is 5.92 Å². The molecule has 1 aromatic heterocycles. The minimum Gasteiger partial charge on any atom is -0.399 e. The average Bonchev–Trinajstić information content (AvgIpc) is 2.44. The SMILES string of the molecule is CCCC(CCO)CNc1ncnc2cc(N)ccc12. The highest BCUT2D eigenvalue weighted by molar-refractivity contribution is 5.90. The van der Waals surface area contributed by atoms with Gasteiger partial charge in [0.05, 0.1) is 5.52 Å². The number of nitrogen functional groups attached to an aromatic ring is 1. The van der Waals surface area contributed by atoms with Crippen molar-refractivity contribution >= 4 is 22.4 Å². The first-order valence-electron chi connectivity index (χ1n) is 7.09. The van der Waals surface area contributed by atoms with Gasteiger partial charge in [0.15, 0.2) is 0 Å². The first kappa shape index (κ1) is 14.5. The number of benzene rings is 1. The Kier molecular flexibility index (Phi) is 5.12. The zero-order valence-corrected chi connectivity index (χ0v) is 11.8. The molecule has 1 aromatic carbocycles. The Labute approximate surface area is 119 Å². The van der Waals surface area contributed by atoms with Gasteiger partial charge in [0, 0.05) is 24.2 Å². The standard InChI is InChI=1S/C15H22N4O/c1-2-3-11(6-7-20)9-17-15-13-5-4-12(16)8-14(13)18-10-19-15/h4-5,8,10-11,20H,2-3,6-7,9,16H2,1H3,(H,17,18,19). The van der Waals surface area contributed by atoms with Gasteiger partial charge in [0.25, 0.3) is 0 Å². The molecule has 0 radical (unpaired) electrons. The molecule has 1 heterocycles. The molecule has 0 saturated carbocycles. The van der Waals surface area contributed by atoms with Crippen LogP contribution in [0.4, 0.5) is 11.5 Å². The fourth-order valence-corrected chi connectivity index (χ4v) is 2.40. The monoisotopic (exact) mass is 274 g/mol. The Morgan fingerprint density at radius 1 is 1.30 bits per heavy atom. The number of aliphatic hydroxyl groups excluding tert-OH is 1. The van der Waals surface area contributed by atoms with Crippen LogP contribution < -0.4 is 11.1 Å². The maximum atomic E-state index is 9.10. The third kappa shape index (κ3) is 3.57. The van der Waals surface area contributed by atoms with Crippen LogP contribution in [-0.4, -0.2) is 28.2 Å². The second-order valence-corrected chi connectivity index (χ2v) is 5.05. The molecule has 1 unspecified atom stereocenters. The Bertz CT molecular complexity index is 553. The van der Waals surface area contributed by atoms with Crippen molar-refractivity contribution in [3.8, 4) is 0 Å². The van der Waals surface area contributed by atoms with Gasteiger partial charge in [-0.15, -0.1) is 0 Å². The lowest BCUT2D eigenvalue weighted by atomic mass is 10.0. The Morgan fingerprint density at radius 3 is 2.90 bits per heavy atom. The van der Waals surface area contributed by atoms with E-state index >= 15 is 0 Å². The van der Waals surface area contributed by atoms with E-state index in [2.05, 4.69) is 22.2 Å². The van der Waals surface area contributed by atoms with Crippen molar-refractivity contribution in [2.75, 3.05) is 24.2 Å². The van der Waals surface area contributed by atoms with Crippen LogP contribution in [-0.2, 0) is 0 Å². The van der Waals surface area contributed by atoms with Crippen LogP contribution in [0.3, 0.4) is 0 Å². The fraction of sp³-hybridized carbons (Fsp3) is 0.467. The second-order valence-electron chi connectivity index (χ2n) is 5.05. The molecule has 0 spiro atoms. The molecular weight excluding hydrogens is 252 g/mol. The van der Waals surface area contributed by atoms with E-state index in [1.54, 1.807) is 6.33 Å². The van der Waals surface area contributed by atoms with E-state index in [1.807, 2.05) is 18.2 Å². The molecule has 0 aliphatic heterocycles. The predicted molar refractivity (Wildman–Crippen MR) is 82.5 cm³/mol. The van der Waals surface area contributed by atoms with Crippen molar-refractivity contribution in [3.63, 3.8) is 0 Å². The van der Waals surface area contributed by atoms with Crippen molar-refractivity contribution in [3.05, 3.63) is 24.5 Å². The van der Waals surface area contributed by atoms with E-state index in [0.717, 1.165) is 42.5 Å². The molecule has 20 heavy (non-hydrogen) atoms. The normalized spacial score (nSPS) is 12.5. The summed E-state index contributed by atoms with van der Waals surface area (Å²) in [5.41, 5.74) is 7.31. The molecule has 2 rings (SSSR count). The van der Waals surface area contributed by atoms with E-state index < -0.39 is 0 Å². The van der Waals surface area contributed by atoms with Gasteiger partial charge in [-0.25, -0.2) is 9.97 Å². The third-order valence-electron chi connectivity index (χ3n) is 3.45. The van der Waals surface area contributed by atoms with Crippen molar-refractivity contribution in [2.24, 2.45) is 5.92 Å². The Balaban J connectivity index is 2.12. The van der Waals surface area contributed by atoms with Crippen molar-refractivity contribution in [1.29, 1.82) is 0 Å². The highest BCUT2D eigenvalue weighted by Crippen LogP contribution is 2.22. The maximum absolute atomic E-state index is 9.10. The quantitative estimate of drug-likeness (QED) is 0.675. The number of hydrogen-bond donors (Lipinski definition) is 3. The number of nitrogens with one attached hydrogen (secondary N) is 1. The molecule has 5 nitrogen and oxygen atoms in total. The molecule has 4 N–H and O–H groups in total. The minimum absolute atomic E-state index is 0.230. The molecule has 5 heteroatoms. The van der Waals surface area contributed by atoms with E-state index in [4.69, 9.17) is 10.8 Å². The number of aliphatic hydroxyl groups is 1. The average molecular weight is 274 g/mol. The smallest absolute Gasteiger partial charge is 0.137 e. The number of nitrogens with zero attached hydrogens (tertiary/aromatic N) is 2. The Morgan fingerprint density at radius 2 is 2.15 bits per heavy atom. The molecular formula is C15H22N4O. The van der Waals surface area contributed by atoms with Gasteiger partial charge in [-0.1, -0.05) is 13.3 Å². The molecule has 1 atom stereocenters. The summed E-state index contributed by atoms with van der Waals surface area (Å²) in [5.74, 6) is 1.29. The summed E-state index contributed by atoms with van der Waals surface area (Å²) in [6.07, 6.45) is 4.58. The van der Waals surface area contributed by atoms with Gasteiger partial charge in [-0.05, 0) is 37.0 Å². The highest BCUT2D eigenvalue weighted by Gasteiger charge is 2.09. The number of aromatic nitrogens is 2. The van der Waals surface area contributed by atoms with E-state index in [0.29, 0.717) is 11.6 Å². The largest absolute Gasteiger partial charge is 0.399 e. The van der Waals surface area contributed by atoms with Crippen LogP contribution in [0.1, 0.15) is 26.2 Å². The second kappa shape index (κ2) is 7.05. The van der Waals surface area contributed by atoms with Gasteiger partial charge >= 0.3 is 0 Å². The van der Waals surface area contributed by atoms with Gasteiger partial charge in [-0.2, -0.15) is 0 Å². The zero-order valence-electron chi connectivity index (χ0n) is 11.8. The van der Waals surface area contributed by atoms with Crippen molar-refractivity contribution in [2.45, 2.75) is 26.2 Å². The van der Waals surface area contributed by atoms with Crippen LogP contribution >= 0.6 is 0 Å². The molecule has 0 amide bonds. The van der Waals surface area contributed by atoms with Crippen molar-refractivity contribution in [1.82, 2.24) is 9.97 Å². The van der Waals surface area contributed by atoms with Crippen LogP contribution in [0.2, 0.25) is 0 Å². The number of nitrogens with two attached hydrogens (primary N) is 1. The third-order valence-corrected chi connectivity index (χ3v) is 3.45. The topological polar surface area (TPSA) is 84.1 Å². The van der Waals surface area contributed by atoms with Gasteiger partial charge in [-0.3, -0.25) is 0 Å². The molecule has 0 saturated heterocycles.